The fraction of sp³-hybridized carbons (Fsp3) is 0.294. The van der Waals surface area contributed by atoms with Gasteiger partial charge in [-0.2, -0.15) is 0 Å². The largest absolute Gasteiger partial charge is 0.310 e. The summed E-state index contributed by atoms with van der Waals surface area (Å²) >= 11 is 3.12. The van der Waals surface area contributed by atoms with Crippen LogP contribution in [0.5, 0.6) is 0 Å². The highest BCUT2D eigenvalue weighted by atomic mass is 79.9. The zero-order valence-corrected chi connectivity index (χ0v) is 13.9. The van der Waals surface area contributed by atoms with Crippen LogP contribution in [-0.2, 0) is 6.54 Å². The fourth-order valence-electron chi connectivity index (χ4n) is 2.14. The molecule has 0 heterocycles. The van der Waals surface area contributed by atoms with Crippen molar-refractivity contribution in [1.29, 1.82) is 0 Å². The van der Waals surface area contributed by atoms with Gasteiger partial charge < -0.3 is 5.32 Å². The van der Waals surface area contributed by atoms with Crippen LogP contribution in [0.2, 0.25) is 0 Å². The molecule has 0 amide bonds. The Morgan fingerprint density at radius 1 is 1.14 bits per heavy atom. The fourth-order valence-corrected chi connectivity index (χ4v) is 2.47. The van der Waals surface area contributed by atoms with E-state index in [0.717, 1.165) is 11.1 Å². The molecule has 0 aliphatic rings. The second-order valence-electron chi connectivity index (χ2n) is 5.40. The topological polar surface area (TPSA) is 12.0 Å². The summed E-state index contributed by atoms with van der Waals surface area (Å²) in [7, 11) is 0. The van der Waals surface area contributed by atoms with Gasteiger partial charge in [0.1, 0.15) is 11.6 Å². The number of benzene rings is 2. The highest BCUT2D eigenvalue weighted by molar-refractivity contribution is 9.10. The van der Waals surface area contributed by atoms with E-state index in [9.17, 15) is 8.78 Å². The van der Waals surface area contributed by atoms with Crippen LogP contribution in [0.1, 0.15) is 25.0 Å². The molecule has 0 unspecified atom stereocenters. The highest BCUT2D eigenvalue weighted by Crippen LogP contribution is 2.33. The molecule has 112 valence electrons. The van der Waals surface area contributed by atoms with Gasteiger partial charge in [0, 0.05) is 12.6 Å². The van der Waals surface area contributed by atoms with Crippen LogP contribution >= 0.6 is 15.9 Å². The molecule has 2 rings (SSSR count). The van der Waals surface area contributed by atoms with Gasteiger partial charge in [0.15, 0.2) is 0 Å². The SMILES string of the molecule is Cc1ccc(CNC(C)C)cc1-c1c(F)ccc(Br)c1F. The molecule has 21 heavy (non-hydrogen) atoms. The van der Waals surface area contributed by atoms with Crippen molar-refractivity contribution in [3.63, 3.8) is 0 Å². The Hall–Kier alpha value is -1.26. The van der Waals surface area contributed by atoms with Crippen LogP contribution in [0.15, 0.2) is 34.8 Å². The Morgan fingerprint density at radius 2 is 1.86 bits per heavy atom. The van der Waals surface area contributed by atoms with Crippen molar-refractivity contribution in [3.05, 3.63) is 57.6 Å². The van der Waals surface area contributed by atoms with Crippen LogP contribution in [0.4, 0.5) is 8.78 Å². The molecule has 0 aliphatic heterocycles. The molecule has 0 atom stereocenters. The Kier molecular flexibility index (Phi) is 5.12. The third kappa shape index (κ3) is 3.69. The second kappa shape index (κ2) is 6.67. The van der Waals surface area contributed by atoms with Gasteiger partial charge in [0.05, 0.1) is 10.0 Å². The predicted octanol–water partition coefficient (Wildman–Crippen LogP) is 5.20. The van der Waals surface area contributed by atoms with Crippen LogP contribution < -0.4 is 5.32 Å². The molecule has 0 saturated heterocycles. The minimum atomic E-state index is -0.563. The van der Waals surface area contributed by atoms with Crippen molar-refractivity contribution in [1.82, 2.24) is 5.32 Å². The highest BCUT2D eigenvalue weighted by Gasteiger charge is 2.16. The van der Waals surface area contributed by atoms with Crippen LogP contribution in [0.3, 0.4) is 0 Å². The number of aryl methyl sites for hydroxylation is 1. The smallest absolute Gasteiger partial charge is 0.148 e. The predicted molar refractivity (Wildman–Crippen MR) is 86.2 cm³/mol. The monoisotopic (exact) mass is 353 g/mol. The van der Waals surface area contributed by atoms with Crippen molar-refractivity contribution < 1.29 is 8.78 Å². The number of halogens is 3. The van der Waals surface area contributed by atoms with Crippen LogP contribution in [-0.4, -0.2) is 6.04 Å². The molecule has 0 bridgehead atoms. The zero-order valence-electron chi connectivity index (χ0n) is 12.3. The first-order valence-electron chi connectivity index (χ1n) is 6.87. The molecule has 2 aromatic carbocycles. The molecule has 0 radical (unpaired) electrons. The number of nitrogens with one attached hydrogen (secondary N) is 1. The van der Waals surface area contributed by atoms with Gasteiger partial charge in [0.25, 0.3) is 0 Å². The Labute approximate surface area is 132 Å². The summed E-state index contributed by atoms with van der Waals surface area (Å²) in [6.45, 7) is 6.64. The number of rotatable bonds is 4. The quantitative estimate of drug-likeness (QED) is 0.744. The lowest BCUT2D eigenvalue weighted by Gasteiger charge is -2.13. The van der Waals surface area contributed by atoms with E-state index in [-0.39, 0.29) is 10.0 Å². The first-order chi connectivity index (χ1) is 9.90. The molecular formula is C17H18BrF2N. The van der Waals surface area contributed by atoms with Gasteiger partial charge in [-0.3, -0.25) is 0 Å². The van der Waals surface area contributed by atoms with Crippen molar-refractivity contribution in [3.8, 4) is 11.1 Å². The summed E-state index contributed by atoms with van der Waals surface area (Å²) < 4.78 is 28.6. The number of hydrogen-bond acceptors (Lipinski definition) is 1. The van der Waals surface area contributed by atoms with E-state index in [4.69, 9.17) is 0 Å². The van der Waals surface area contributed by atoms with Gasteiger partial charge in [-0.1, -0.05) is 26.0 Å². The van der Waals surface area contributed by atoms with Crippen molar-refractivity contribution in [2.24, 2.45) is 0 Å². The van der Waals surface area contributed by atoms with Gasteiger partial charge in [-0.25, -0.2) is 8.78 Å². The minimum absolute atomic E-state index is 0.0215. The summed E-state index contributed by atoms with van der Waals surface area (Å²) in [6.07, 6.45) is 0. The zero-order chi connectivity index (χ0) is 15.6. The molecule has 0 aliphatic carbocycles. The Bertz CT molecular complexity index is 653. The summed E-state index contributed by atoms with van der Waals surface area (Å²) in [5.41, 5.74) is 2.46. The van der Waals surface area contributed by atoms with Gasteiger partial charge in [0.2, 0.25) is 0 Å². The molecule has 1 N–H and O–H groups in total. The van der Waals surface area contributed by atoms with E-state index in [2.05, 4.69) is 35.1 Å². The first-order valence-corrected chi connectivity index (χ1v) is 7.66. The van der Waals surface area contributed by atoms with Crippen molar-refractivity contribution >= 4 is 15.9 Å². The minimum Gasteiger partial charge on any atom is -0.310 e. The lowest BCUT2D eigenvalue weighted by atomic mass is 9.97. The molecule has 2 aromatic rings. The van der Waals surface area contributed by atoms with E-state index >= 15 is 0 Å². The number of hydrogen-bond donors (Lipinski definition) is 1. The maximum Gasteiger partial charge on any atom is 0.148 e. The standard InChI is InChI=1S/C17H18BrF2N/c1-10(2)21-9-12-5-4-11(3)13(8-12)16-15(19)7-6-14(18)17(16)20/h4-8,10,21H,9H2,1-3H3. The van der Waals surface area contributed by atoms with Crippen molar-refractivity contribution in [2.75, 3.05) is 0 Å². The Balaban J connectivity index is 2.49. The van der Waals surface area contributed by atoms with E-state index in [1.165, 1.54) is 12.1 Å². The average Bonchev–Trinajstić information content (AvgIpc) is 2.43. The molecule has 0 aromatic heterocycles. The van der Waals surface area contributed by atoms with E-state index in [0.29, 0.717) is 18.2 Å². The Morgan fingerprint density at radius 3 is 2.52 bits per heavy atom. The van der Waals surface area contributed by atoms with E-state index in [1.807, 2.05) is 25.1 Å². The second-order valence-corrected chi connectivity index (χ2v) is 6.26. The maximum absolute atomic E-state index is 14.3. The summed E-state index contributed by atoms with van der Waals surface area (Å²) in [5.74, 6) is -1.11. The van der Waals surface area contributed by atoms with E-state index < -0.39 is 11.6 Å². The summed E-state index contributed by atoms with van der Waals surface area (Å²) in [6, 6.07) is 8.73. The molecule has 0 fully saturated rings. The van der Waals surface area contributed by atoms with Gasteiger partial charge in [-0.15, -0.1) is 0 Å². The average molecular weight is 354 g/mol. The van der Waals surface area contributed by atoms with Crippen LogP contribution in [0.25, 0.3) is 11.1 Å². The molecule has 4 heteroatoms. The third-order valence-corrected chi connectivity index (χ3v) is 3.94. The molecular weight excluding hydrogens is 336 g/mol. The van der Waals surface area contributed by atoms with Crippen molar-refractivity contribution in [2.45, 2.75) is 33.4 Å². The van der Waals surface area contributed by atoms with Gasteiger partial charge >= 0.3 is 0 Å². The molecule has 0 spiro atoms. The normalized spacial score (nSPS) is 11.2. The lowest BCUT2D eigenvalue weighted by molar-refractivity contribution is 0.583. The molecule has 1 nitrogen and oxygen atoms in total. The van der Waals surface area contributed by atoms with Crippen LogP contribution in [0, 0.1) is 18.6 Å². The van der Waals surface area contributed by atoms with E-state index in [1.54, 1.807) is 0 Å². The first kappa shape index (κ1) is 16.1. The summed E-state index contributed by atoms with van der Waals surface area (Å²) in [4.78, 5) is 0. The molecule has 0 saturated carbocycles. The lowest BCUT2D eigenvalue weighted by Crippen LogP contribution is -2.21. The maximum atomic E-state index is 14.3. The summed E-state index contributed by atoms with van der Waals surface area (Å²) in [5, 5.41) is 3.30. The van der Waals surface area contributed by atoms with Gasteiger partial charge in [-0.05, 0) is 57.7 Å². The third-order valence-electron chi connectivity index (χ3n) is 3.33.